The second-order valence-corrected chi connectivity index (χ2v) is 6.44. The Morgan fingerprint density at radius 2 is 1.89 bits per heavy atom. The summed E-state index contributed by atoms with van der Waals surface area (Å²) in [5.74, 6) is 1.76. The van der Waals surface area contributed by atoms with E-state index >= 15 is 0 Å². The SMILES string of the molecule is OC(CNC(C1CC1)C1CC1)COCC1CCCO1. The number of aliphatic hydroxyl groups is 1. The minimum atomic E-state index is -0.388. The van der Waals surface area contributed by atoms with Crippen LogP contribution < -0.4 is 5.32 Å². The summed E-state index contributed by atoms with van der Waals surface area (Å²) in [6, 6.07) is 0.660. The third-order valence-corrected chi connectivity index (χ3v) is 4.49. The van der Waals surface area contributed by atoms with E-state index in [0.29, 0.717) is 25.8 Å². The largest absolute Gasteiger partial charge is 0.389 e. The van der Waals surface area contributed by atoms with Gasteiger partial charge in [0, 0.05) is 19.2 Å². The Morgan fingerprint density at radius 3 is 2.47 bits per heavy atom. The zero-order valence-corrected chi connectivity index (χ0v) is 11.7. The van der Waals surface area contributed by atoms with E-state index in [9.17, 15) is 5.11 Å². The Labute approximate surface area is 115 Å². The molecule has 110 valence electrons. The van der Waals surface area contributed by atoms with Crippen LogP contribution >= 0.6 is 0 Å². The summed E-state index contributed by atoms with van der Waals surface area (Å²) in [5.41, 5.74) is 0. The van der Waals surface area contributed by atoms with Gasteiger partial charge in [-0.15, -0.1) is 0 Å². The fourth-order valence-corrected chi connectivity index (χ4v) is 3.07. The minimum absolute atomic E-state index is 0.255. The number of hydrogen-bond donors (Lipinski definition) is 2. The summed E-state index contributed by atoms with van der Waals surface area (Å²) in [4.78, 5) is 0. The van der Waals surface area contributed by atoms with Crippen molar-refractivity contribution in [1.82, 2.24) is 5.32 Å². The van der Waals surface area contributed by atoms with E-state index in [2.05, 4.69) is 5.32 Å². The van der Waals surface area contributed by atoms with Crippen LogP contribution in [0.3, 0.4) is 0 Å². The van der Waals surface area contributed by atoms with E-state index in [1.807, 2.05) is 0 Å². The highest BCUT2D eigenvalue weighted by molar-refractivity contribution is 4.96. The van der Waals surface area contributed by atoms with Crippen molar-refractivity contribution in [2.45, 2.75) is 56.8 Å². The Morgan fingerprint density at radius 1 is 1.16 bits per heavy atom. The highest BCUT2D eigenvalue weighted by Crippen LogP contribution is 2.44. The lowest BCUT2D eigenvalue weighted by Gasteiger charge is -2.20. The molecule has 2 saturated carbocycles. The molecule has 1 heterocycles. The van der Waals surface area contributed by atoms with Crippen LogP contribution in [0.15, 0.2) is 0 Å². The first-order valence-corrected chi connectivity index (χ1v) is 7.93. The van der Waals surface area contributed by atoms with Crippen LogP contribution in [-0.4, -0.2) is 49.7 Å². The van der Waals surface area contributed by atoms with Crippen LogP contribution in [0.5, 0.6) is 0 Å². The van der Waals surface area contributed by atoms with Crippen molar-refractivity contribution < 1.29 is 14.6 Å². The van der Waals surface area contributed by atoms with Crippen molar-refractivity contribution in [2.24, 2.45) is 11.8 Å². The Kier molecular flexibility index (Phi) is 4.74. The molecule has 19 heavy (non-hydrogen) atoms. The number of hydrogen-bond acceptors (Lipinski definition) is 4. The van der Waals surface area contributed by atoms with Crippen LogP contribution in [0.2, 0.25) is 0 Å². The van der Waals surface area contributed by atoms with E-state index in [1.165, 1.54) is 25.7 Å². The standard InChI is InChI=1S/C15H27NO3/c17-13(9-18-10-14-2-1-7-19-14)8-16-15(11-3-4-11)12-5-6-12/h11-17H,1-10H2. The van der Waals surface area contributed by atoms with Crippen LogP contribution in [0.4, 0.5) is 0 Å². The first kappa shape index (κ1) is 13.8. The van der Waals surface area contributed by atoms with E-state index in [-0.39, 0.29) is 12.2 Å². The van der Waals surface area contributed by atoms with Gasteiger partial charge in [-0.2, -0.15) is 0 Å². The molecule has 3 aliphatic rings. The zero-order valence-electron chi connectivity index (χ0n) is 11.7. The highest BCUT2D eigenvalue weighted by atomic mass is 16.5. The topological polar surface area (TPSA) is 50.7 Å². The van der Waals surface area contributed by atoms with Crippen LogP contribution in [0.1, 0.15) is 38.5 Å². The molecule has 0 amide bonds. The lowest BCUT2D eigenvalue weighted by atomic mass is 10.1. The molecule has 4 heteroatoms. The van der Waals surface area contributed by atoms with Gasteiger partial charge >= 0.3 is 0 Å². The molecule has 1 saturated heterocycles. The van der Waals surface area contributed by atoms with Gasteiger partial charge in [0.2, 0.25) is 0 Å². The fourth-order valence-electron chi connectivity index (χ4n) is 3.07. The molecule has 3 rings (SSSR count). The molecule has 2 N–H and O–H groups in total. The number of ether oxygens (including phenoxy) is 2. The molecule has 0 aromatic carbocycles. The first-order chi connectivity index (χ1) is 9.33. The van der Waals surface area contributed by atoms with E-state index in [1.54, 1.807) is 0 Å². The maximum atomic E-state index is 9.95. The third kappa shape index (κ3) is 4.42. The number of rotatable bonds is 9. The molecule has 0 spiro atoms. The summed E-state index contributed by atoms with van der Waals surface area (Å²) in [7, 11) is 0. The Hall–Kier alpha value is -0.160. The molecule has 1 aliphatic heterocycles. The van der Waals surface area contributed by atoms with Crippen LogP contribution in [-0.2, 0) is 9.47 Å². The van der Waals surface area contributed by atoms with Gasteiger partial charge in [-0.3, -0.25) is 0 Å². The number of nitrogens with one attached hydrogen (secondary N) is 1. The molecule has 3 fully saturated rings. The lowest BCUT2D eigenvalue weighted by molar-refractivity contribution is -0.0172. The summed E-state index contributed by atoms with van der Waals surface area (Å²) >= 11 is 0. The van der Waals surface area contributed by atoms with Gasteiger partial charge in [-0.05, 0) is 50.4 Å². The van der Waals surface area contributed by atoms with Crippen molar-refractivity contribution in [2.75, 3.05) is 26.4 Å². The fraction of sp³-hybridized carbons (Fsp3) is 1.00. The quantitative estimate of drug-likeness (QED) is 0.663. The molecular weight excluding hydrogens is 242 g/mol. The van der Waals surface area contributed by atoms with Gasteiger partial charge in [-0.1, -0.05) is 0 Å². The summed E-state index contributed by atoms with van der Waals surface area (Å²) in [6.07, 6.45) is 7.61. The molecule has 2 aliphatic carbocycles. The van der Waals surface area contributed by atoms with E-state index < -0.39 is 0 Å². The molecular formula is C15H27NO3. The van der Waals surface area contributed by atoms with Gasteiger partial charge in [0.1, 0.15) is 0 Å². The summed E-state index contributed by atoms with van der Waals surface area (Å²) < 4.78 is 11.0. The van der Waals surface area contributed by atoms with E-state index in [0.717, 1.165) is 31.3 Å². The second kappa shape index (κ2) is 6.53. The summed E-state index contributed by atoms with van der Waals surface area (Å²) in [6.45, 7) is 2.59. The van der Waals surface area contributed by atoms with Crippen molar-refractivity contribution in [3.63, 3.8) is 0 Å². The van der Waals surface area contributed by atoms with Gasteiger partial charge in [0.15, 0.2) is 0 Å². The van der Waals surface area contributed by atoms with Gasteiger partial charge < -0.3 is 19.9 Å². The highest BCUT2D eigenvalue weighted by Gasteiger charge is 2.41. The maximum Gasteiger partial charge on any atom is 0.0897 e. The van der Waals surface area contributed by atoms with Gasteiger partial charge in [-0.25, -0.2) is 0 Å². The Balaban J connectivity index is 1.26. The van der Waals surface area contributed by atoms with Crippen LogP contribution in [0, 0.1) is 11.8 Å². The van der Waals surface area contributed by atoms with Crippen molar-refractivity contribution in [3.8, 4) is 0 Å². The van der Waals surface area contributed by atoms with Crippen molar-refractivity contribution in [1.29, 1.82) is 0 Å². The lowest BCUT2D eigenvalue weighted by Crippen LogP contribution is -2.40. The van der Waals surface area contributed by atoms with Crippen molar-refractivity contribution in [3.05, 3.63) is 0 Å². The predicted octanol–water partition coefficient (Wildman–Crippen LogP) is 1.32. The monoisotopic (exact) mass is 269 g/mol. The molecule has 2 atom stereocenters. The van der Waals surface area contributed by atoms with Gasteiger partial charge in [0.25, 0.3) is 0 Å². The molecule has 0 bridgehead atoms. The minimum Gasteiger partial charge on any atom is -0.389 e. The molecule has 0 radical (unpaired) electrons. The average molecular weight is 269 g/mol. The third-order valence-electron chi connectivity index (χ3n) is 4.49. The molecule has 0 aromatic rings. The molecule has 0 aromatic heterocycles. The Bertz CT molecular complexity index is 261. The second-order valence-electron chi connectivity index (χ2n) is 6.44. The number of aliphatic hydroxyl groups excluding tert-OH is 1. The first-order valence-electron chi connectivity index (χ1n) is 7.93. The molecule has 2 unspecified atom stereocenters. The predicted molar refractivity (Wildman–Crippen MR) is 73.0 cm³/mol. The van der Waals surface area contributed by atoms with Crippen molar-refractivity contribution >= 4 is 0 Å². The summed E-state index contributed by atoms with van der Waals surface area (Å²) in [5, 5.41) is 13.5. The van der Waals surface area contributed by atoms with Crippen LogP contribution in [0.25, 0.3) is 0 Å². The van der Waals surface area contributed by atoms with E-state index in [4.69, 9.17) is 9.47 Å². The normalized spacial score (nSPS) is 29.1. The smallest absolute Gasteiger partial charge is 0.0897 e. The van der Waals surface area contributed by atoms with Gasteiger partial charge in [0.05, 0.1) is 25.4 Å². The zero-order chi connectivity index (χ0) is 13.1. The average Bonchev–Trinajstić information content (AvgIpc) is 3.32. The maximum absolute atomic E-state index is 9.95. The molecule has 4 nitrogen and oxygen atoms in total.